The Labute approximate surface area is 137 Å². The number of piperidine rings is 1. The first-order valence-electron chi connectivity index (χ1n) is 7.68. The highest BCUT2D eigenvalue weighted by Crippen LogP contribution is 2.31. The number of likely N-dealkylation sites (tertiary alicyclic amines) is 1. The Kier molecular flexibility index (Phi) is 5.35. The van der Waals surface area contributed by atoms with Crippen LogP contribution in [-0.4, -0.2) is 34.8 Å². The topological polar surface area (TPSA) is 49.8 Å². The Morgan fingerprint density at radius 3 is 2.32 bits per heavy atom. The minimum atomic E-state index is -0.516. The van der Waals surface area contributed by atoms with Crippen LogP contribution in [0, 0.1) is 5.92 Å². The SMILES string of the molecule is CC(C)(C)OC(=O)N1CCC([C@@H](O)c2ccc(Cl)cc2)CC1. The van der Waals surface area contributed by atoms with Crippen molar-refractivity contribution >= 4 is 17.7 Å². The lowest BCUT2D eigenvalue weighted by molar-refractivity contribution is 0.00767. The van der Waals surface area contributed by atoms with Crippen molar-refractivity contribution in [1.82, 2.24) is 4.90 Å². The molecule has 22 heavy (non-hydrogen) atoms. The van der Waals surface area contributed by atoms with Crippen molar-refractivity contribution in [3.63, 3.8) is 0 Å². The van der Waals surface area contributed by atoms with E-state index in [0.717, 1.165) is 18.4 Å². The van der Waals surface area contributed by atoms with Crippen LogP contribution in [0.5, 0.6) is 0 Å². The number of rotatable bonds is 2. The molecule has 0 aromatic heterocycles. The Morgan fingerprint density at radius 1 is 1.27 bits per heavy atom. The summed E-state index contributed by atoms with van der Waals surface area (Å²) in [7, 11) is 0. The van der Waals surface area contributed by atoms with Crippen LogP contribution < -0.4 is 0 Å². The van der Waals surface area contributed by atoms with E-state index in [0.29, 0.717) is 18.1 Å². The van der Waals surface area contributed by atoms with Gasteiger partial charge in [0.05, 0.1) is 6.10 Å². The summed E-state index contributed by atoms with van der Waals surface area (Å²) >= 11 is 5.87. The van der Waals surface area contributed by atoms with Crippen LogP contribution in [-0.2, 0) is 4.74 Å². The van der Waals surface area contributed by atoms with Gasteiger partial charge in [-0.3, -0.25) is 0 Å². The second-order valence-electron chi connectivity index (χ2n) is 6.80. The summed E-state index contributed by atoms with van der Waals surface area (Å²) in [5, 5.41) is 11.1. The van der Waals surface area contributed by atoms with Crippen molar-refractivity contribution in [3.05, 3.63) is 34.9 Å². The molecular formula is C17H24ClNO3. The number of hydrogen-bond acceptors (Lipinski definition) is 3. The number of carbonyl (C=O) groups excluding carboxylic acids is 1. The van der Waals surface area contributed by atoms with Crippen molar-refractivity contribution in [1.29, 1.82) is 0 Å². The van der Waals surface area contributed by atoms with Crippen molar-refractivity contribution in [3.8, 4) is 0 Å². The Balaban J connectivity index is 1.89. The molecule has 0 saturated carbocycles. The Bertz CT molecular complexity index is 502. The van der Waals surface area contributed by atoms with Crippen molar-refractivity contribution < 1.29 is 14.6 Å². The van der Waals surface area contributed by atoms with Gasteiger partial charge in [-0.05, 0) is 57.2 Å². The fourth-order valence-electron chi connectivity index (χ4n) is 2.66. The third-order valence-electron chi connectivity index (χ3n) is 3.85. The number of nitrogens with zero attached hydrogens (tertiary/aromatic N) is 1. The summed E-state index contributed by atoms with van der Waals surface area (Å²) in [6, 6.07) is 7.28. The molecule has 1 atom stereocenters. The number of aliphatic hydroxyl groups is 1. The number of ether oxygens (including phenoxy) is 1. The van der Waals surface area contributed by atoms with Gasteiger partial charge in [0.1, 0.15) is 5.60 Å². The van der Waals surface area contributed by atoms with Crippen molar-refractivity contribution in [2.75, 3.05) is 13.1 Å². The number of carbonyl (C=O) groups is 1. The second kappa shape index (κ2) is 6.88. The molecule has 0 spiro atoms. The van der Waals surface area contributed by atoms with Gasteiger partial charge in [0.15, 0.2) is 0 Å². The standard InChI is InChI=1S/C17H24ClNO3/c1-17(2,3)22-16(21)19-10-8-13(9-11-19)15(20)12-4-6-14(18)7-5-12/h4-7,13,15,20H,8-11H2,1-3H3/t15-/m0/s1. The summed E-state index contributed by atoms with van der Waals surface area (Å²) in [6.45, 7) is 6.82. The molecule has 4 nitrogen and oxygen atoms in total. The second-order valence-corrected chi connectivity index (χ2v) is 7.24. The van der Waals surface area contributed by atoms with E-state index in [-0.39, 0.29) is 12.0 Å². The third-order valence-corrected chi connectivity index (χ3v) is 4.10. The van der Waals surface area contributed by atoms with Gasteiger partial charge in [0.25, 0.3) is 0 Å². The van der Waals surface area contributed by atoms with Gasteiger partial charge in [-0.1, -0.05) is 23.7 Å². The molecule has 1 aromatic rings. The van der Waals surface area contributed by atoms with Crippen LogP contribution in [0.25, 0.3) is 0 Å². The first-order chi connectivity index (χ1) is 10.3. The minimum Gasteiger partial charge on any atom is -0.444 e. The van der Waals surface area contributed by atoms with Gasteiger partial charge in [-0.25, -0.2) is 4.79 Å². The zero-order chi connectivity index (χ0) is 16.3. The molecule has 1 amide bonds. The predicted molar refractivity (Wildman–Crippen MR) is 86.9 cm³/mol. The number of aliphatic hydroxyl groups excluding tert-OH is 1. The van der Waals surface area contributed by atoms with E-state index >= 15 is 0 Å². The van der Waals surface area contributed by atoms with Gasteiger partial charge in [0, 0.05) is 18.1 Å². The molecule has 0 aliphatic carbocycles. The normalized spacial score (nSPS) is 18.1. The summed E-state index contributed by atoms with van der Waals surface area (Å²) in [4.78, 5) is 13.7. The van der Waals surface area contributed by atoms with Crippen LogP contribution in [0.1, 0.15) is 45.3 Å². The molecule has 1 aliphatic heterocycles. The van der Waals surface area contributed by atoms with E-state index in [2.05, 4.69) is 0 Å². The molecule has 122 valence electrons. The fourth-order valence-corrected chi connectivity index (χ4v) is 2.78. The zero-order valence-electron chi connectivity index (χ0n) is 13.4. The average molecular weight is 326 g/mol. The van der Waals surface area contributed by atoms with E-state index in [1.54, 1.807) is 17.0 Å². The quantitative estimate of drug-likeness (QED) is 0.893. The maximum Gasteiger partial charge on any atom is 0.410 e. The Morgan fingerprint density at radius 2 is 1.82 bits per heavy atom. The lowest BCUT2D eigenvalue weighted by atomic mass is 9.87. The number of benzene rings is 1. The molecule has 1 N–H and O–H groups in total. The van der Waals surface area contributed by atoms with E-state index in [9.17, 15) is 9.90 Å². The van der Waals surface area contributed by atoms with Gasteiger partial charge in [-0.15, -0.1) is 0 Å². The maximum absolute atomic E-state index is 12.0. The first kappa shape index (κ1) is 17.1. The summed E-state index contributed by atoms with van der Waals surface area (Å²) in [6.07, 6.45) is 0.747. The average Bonchev–Trinajstić information content (AvgIpc) is 2.46. The molecule has 0 bridgehead atoms. The molecule has 0 radical (unpaired) electrons. The van der Waals surface area contributed by atoms with Crippen LogP contribution in [0.15, 0.2) is 24.3 Å². The van der Waals surface area contributed by atoms with Crippen LogP contribution >= 0.6 is 11.6 Å². The highest BCUT2D eigenvalue weighted by atomic mass is 35.5. The monoisotopic (exact) mass is 325 g/mol. The minimum absolute atomic E-state index is 0.153. The molecule has 1 heterocycles. The predicted octanol–water partition coefficient (Wildman–Crippen LogP) is 4.02. The van der Waals surface area contributed by atoms with Gasteiger partial charge in [0.2, 0.25) is 0 Å². The molecule has 1 aromatic carbocycles. The lowest BCUT2D eigenvalue weighted by Gasteiger charge is -2.35. The third kappa shape index (κ3) is 4.62. The first-order valence-corrected chi connectivity index (χ1v) is 8.05. The van der Waals surface area contributed by atoms with Crippen molar-refractivity contribution in [2.24, 2.45) is 5.92 Å². The maximum atomic E-state index is 12.0. The molecule has 1 fully saturated rings. The number of hydrogen-bond donors (Lipinski definition) is 1. The molecule has 0 unspecified atom stereocenters. The van der Waals surface area contributed by atoms with Crippen LogP contribution in [0.2, 0.25) is 5.02 Å². The lowest BCUT2D eigenvalue weighted by Crippen LogP contribution is -2.42. The van der Waals surface area contributed by atoms with Gasteiger partial charge in [-0.2, -0.15) is 0 Å². The van der Waals surface area contributed by atoms with E-state index in [4.69, 9.17) is 16.3 Å². The summed E-state index contributed by atoms with van der Waals surface area (Å²) in [5.41, 5.74) is 0.400. The Hall–Kier alpha value is -1.26. The molecular weight excluding hydrogens is 302 g/mol. The number of halogens is 1. The van der Waals surface area contributed by atoms with Crippen molar-refractivity contribution in [2.45, 2.75) is 45.3 Å². The zero-order valence-corrected chi connectivity index (χ0v) is 14.1. The van der Waals surface area contributed by atoms with Gasteiger partial charge >= 0.3 is 6.09 Å². The molecule has 5 heteroatoms. The van der Waals surface area contributed by atoms with Crippen LogP contribution in [0.3, 0.4) is 0 Å². The van der Waals surface area contributed by atoms with Gasteiger partial charge < -0.3 is 14.7 Å². The highest BCUT2D eigenvalue weighted by molar-refractivity contribution is 6.30. The molecule has 1 aliphatic rings. The molecule has 1 saturated heterocycles. The summed E-state index contributed by atoms with van der Waals surface area (Å²) in [5.74, 6) is 0.153. The number of amides is 1. The molecule has 2 rings (SSSR count). The van der Waals surface area contributed by atoms with E-state index in [1.165, 1.54) is 0 Å². The van der Waals surface area contributed by atoms with E-state index in [1.807, 2.05) is 32.9 Å². The highest BCUT2D eigenvalue weighted by Gasteiger charge is 2.30. The van der Waals surface area contributed by atoms with E-state index < -0.39 is 11.7 Å². The summed E-state index contributed by atoms with van der Waals surface area (Å²) < 4.78 is 5.38. The smallest absolute Gasteiger partial charge is 0.410 e. The largest absolute Gasteiger partial charge is 0.444 e. The fraction of sp³-hybridized carbons (Fsp3) is 0.588. The van der Waals surface area contributed by atoms with Crippen LogP contribution in [0.4, 0.5) is 4.79 Å².